The molecule has 0 saturated carbocycles. The van der Waals surface area contributed by atoms with Gasteiger partial charge in [0.15, 0.2) is 10.7 Å². The fraction of sp³-hybridized carbons (Fsp3) is 0.333. The van der Waals surface area contributed by atoms with Crippen molar-refractivity contribution in [1.82, 2.24) is 15.5 Å². The Bertz CT molecular complexity index is 390. The van der Waals surface area contributed by atoms with Crippen LogP contribution in [0.25, 0.3) is 0 Å². The quantitative estimate of drug-likeness (QED) is 0.487. The van der Waals surface area contributed by atoms with Gasteiger partial charge in [-0.2, -0.15) is 0 Å². The second-order valence-electron chi connectivity index (χ2n) is 2.47. The lowest BCUT2D eigenvalue weighted by molar-refractivity contribution is -0.389. The first-order valence-electron chi connectivity index (χ1n) is 3.85. The molecular formula is C6H7ClN4O4. The van der Waals surface area contributed by atoms with E-state index in [0.29, 0.717) is 0 Å². The fourth-order valence-corrected chi connectivity index (χ4v) is 1.08. The zero-order valence-electron chi connectivity index (χ0n) is 7.36. The van der Waals surface area contributed by atoms with Crippen molar-refractivity contribution >= 4 is 23.3 Å². The minimum atomic E-state index is -0.780. The van der Waals surface area contributed by atoms with E-state index in [9.17, 15) is 14.9 Å². The minimum Gasteiger partial charge on any atom is -0.395 e. The van der Waals surface area contributed by atoms with Crippen molar-refractivity contribution in [3.8, 4) is 0 Å². The summed E-state index contributed by atoms with van der Waals surface area (Å²) < 4.78 is 0. The van der Waals surface area contributed by atoms with Crippen molar-refractivity contribution in [3.63, 3.8) is 0 Å². The maximum Gasteiger partial charge on any atom is 0.362 e. The van der Waals surface area contributed by atoms with E-state index < -0.39 is 16.6 Å². The topological polar surface area (TPSA) is 121 Å². The van der Waals surface area contributed by atoms with Crippen LogP contribution in [0, 0.1) is 10.1 Å². The molecule has 0 spiro atoms. The van der Waals surface area contributed by atoms with E-state index in [2.05, 4.69) is 10.4 Å². The van der Waals surface area contributed by atoms with Gasteiger partial charge in [-0.1, -0.05) is 16.7 Å². The highest BCUT2D eigenvalue weighted by Crippen LogP contribution is 2.24. The molecule has 9 heteroatoms. The monoisotopic (exact) mass is 234 g/mol. The van der Waals surface area contributed by atoms with Crippen LogP contribution in [-0.4, -0.2) is 39.3 Å². The molecule has 0 fully saturated rings. The number of amides is 1. The molecule has 82 valence electrons. The molecule has 0 aliphatic carbocycles. The number of aliphatic hydroxyl groups excluding tert-OH is 1. The second kappa shape index (κ2) is 4.71. The maximum absolute atomic E-state index is 11.2. The molecule has 0 radical (unpaired) electrons. The van der Waals surface area contributed by atoms with Crippen molar-refractivity contribution in [2.24, 2.45) is 0 Å². The molecule has 15 heavy (non-hydrogen) atoms. The summed E-state index contributed by atoms with van der Waals surface area (Å²) in [6, 6.07) is 0. The molecule has 3 N–H and O–H groups in total. The number of aromatic nitrogens is 2. The lowest BCUT2D eigenvalue weighted by Gasteiger charge is -1.98. The summed E-state index contributed by atoms with van der Waals surface area (Å²) in [6.45, 7) is -0.217. The van der Waals surface area contributed by atoms with Crippen molar-refractivity contribution < 1.29 is 14.8 Å². The summed E-state index contributed by atoms with van der Waals surface area (Å²) in [5.41, 5.74) is -0.267. The summed E-state index contributed by atoms with van der Waals surface area (Å²) in [7, 11) is 0. The molecule has 0 aliphatic heterocycles. The van der Waals surface area contributed by atoms with E-state index in [1.807, 2.05) is 5.10 Å². The molecule has 0 bridgehead atoms. The number of carbonyl (C=O) groups is 1. The van der Waals surface area contributed by atoms with Crippen LogP contribution in [0.4, 0.5) is 5.82 Å². The van der Waals surface area contributed by atoms with E-state index in [-0.39, 0.29) is 23.9 Å². The van der Waals surface area contributed by atoms with Gasteiger partial charge in [0.2, 0.25) is 0 Å². The van der Waals surface area contributed by atoms with E-state index in [1.165, 1.54) is 0 Å². The molecule has 1 rings (SSSR count). The minimum absolute atomic E-state index is 0.0236. The Morgan fingerprint density at radius 2 is 2.40 bits per heavy atom. The predicted molar refractivity (Wildman–Crippen MR) is 49.7 cm³/mol. The van der Waals surface area contributed by atoms with Crippen LogP contribution in [0.2, 0.25) is 5.02 Å². The van der Waals surface area contributed by atoms with Crippen LogP contribution in [-0.2, 0) is 0 Å². The highest BCUT2D eigenvalue weighted by molar-refractivity contribution is 6.35. The third-order valence-electron chi connectivity index (χ3n) is 1.48. The van der Waals surface area contributed by atoms with Crippen molar-refractivity contribution in [2.45, 2.75) is 0 Å². The molecule has 1 heterocycles. The number of aliphatic hydroxyl groups is 1. The average molecular weight is 235 g/mol. The number of carbonyl (C=O) groups excluding carboxylic acids is 1. The summed E-state index contributed by atoms with van der Waals surface area (Å²) in [5.74, 6) is -1.22. The number of nitrogens with zero attached hydrogens (tertiary/aromatic N) is 2. The van der Waals surface area contributed by atoms with Crippen LogP contribution >= 0.6 is 11.6 Å². The van der Waals surface area contributed by atoms with E-state index in [0.717, 1.165) is 0 Å². The molecule has 0 unspecified atom stereocenters. The number of nitrogens with one attached hydrogen (secondary N) is 2. The Kier molecular flexibility index (Phi) is 3.58. The standard InChI is InChI=1S/C6H7ClN4O4/c7-3-4(6(13)8-1-2-12)9-10-5(3)11(14)15/h12H,1-2H2,(H,8,13)(H,9,10). The summed E-state index contributed by atoms with van der Waals surface area (Å²) in [6.07, 6.45) is 0. The Morgan fingerprint density at radius 1 is 1.73 bits per heavy atom. The average Bonchev–Trinajstić information content (AvgIpc) is 2.56. The molecule has 1 aromatic heterocycles. The normalized spacial score (nSPS) is 10.0. The van der Waals surface area contributed by atoms with E-state index >= 15 is 0 Å². The van der Waals surface area contributed by atoms with E-state index in [1.54, 1.807) is 0 Å². The van der Waals surface area contributed by atoms with Gasteiger partial charge in [0, 0.05) is 6.54 Å². The van der Waals surface area contributed by atoms with Gasteiger partial charge in [-0.3, -0.25) is 4.79 Å². The molecule has 0 aromatic carbocycles. The second-order valence-corrected chi connectivity index (χ2v) is 2.85. The highest BCUT2D eigenvalue weighted by atomic mass is 35.5. The van der Waals surface area contributed by atoms with Crippen molar-refractivity contribution in [3.05, 3.63) is 20.8 Å². The lowest BCUT2D eigenvalue weighted by Crippen LogP contribution is -2.26. The Hall–Kier alpha value is -1.67. The van der Waals surface area contributed by atoms with Gasteiger partial charge in [0.05, 0.1) is 6.61 Å². The Balaban J connectivity index is 2.86. The number of hydrogen-bond acceptors (Lipinski definition) is 5. The molecule has 0 aliphatic rings. The third-order valence-corrected chi connectivity index (χ3v) is 1.84. The SMILES string of the molecule is O=C(NCCO)c1n[nH]c([N+](=O)[O-])c1Cl. The smallest absolute Gasteiger partial charge is 0.362 e. The van der Waals surface area contributed by atoms with Gasteiger partial charge in [0.25, 0.3) is 5.91 Å². The summed E-state index contributed by atoms with van der Waals surface area (Å²) in [5, 5.41) is 26.1. The lowest BCUT2D eigenvalue weighted by atomic mass is 10.4. The molecular weight excluding hydrogens is 228 g/mol. The van der Waals surface area contributed by atoms with Gasteiger partial charge in [-0.15, -0.1) is 5.10 Å². The number of nitro groups is 1. The molecule has 1 amide bonds. The number of aromatic amines is 1. The Morgan fingerprint density at radius 3 is 2.87 bits per heavy atom. The first-order chi connectivity index (χ1) is 7.07. The third kappa shape index (κ3) is 2.42. The molecule has 0 atom stereocenters. The number of hydrogen-bond donors (Lipinski definition) is 3. The Labute approximate surface area is 88.4 Å². The molecule has 1 aromatic rings. The van der Waals surface area contributed by atoms with Crippen molar-refractivity contribution in [1.29, 1.82) is 0 Å². The van der Waals surface area contributed by atoms with Crippen LogP contribution in [0.3, 0.4) is 0 Å². The van der Waals surface area contributed by atoms with Gasteiger partial charge in [-0.25, -0.2) is 0 Å². The van der Waals surface area contributed by atoms with E-state index in [4.69, 9.17) is 16.7 Å². The largest absolute Gasteiger partial charge is 0.395 e. The number of rotatable bonds is 4. The summed E-state index contributed by atoms with van der Waals surface area (Å²) >= 11 is 5.53. The first kappa shape index (κ1) is 11.4. The predicted octanol–water partition coefficient (Wildman–Crippen LogP) is -0.307. The van der Waals surface area contributed by atoms with Crippen LogP contribution in [0.5, 0.6) is 0 Å². The maximum atomic E-state index is 11.2. The number of H-pyrrole nitrogens is 1. The van der Waals surface area contributed by atoms with Crippen molar-refractivity contribution in [2.75, 3.05) is 13.2 Å². The van der Waals surface area contributed by atoms with Crippen LogP contribution < -0.4 is 5.32 Å². The zero-order valence-corrected chi connectivity index (χ0v) is 8.11. The molecule has 8 nitrogen and oxygen atoms in total. The van der Waals surface area contributed by atoms with Crippen LogP contribution in [0.15, 0.2) is 0 Å². The van der Waals surface area contributed by atoms with Crippen LogP contribution in [0.1, 0.15) is 10.5 Å². The highest BCUT2D eigenvalue weighted by Gasteiger charge is 2.24. The van der Waals surface area contributed by atoms with Gasteiger partial charge < -0.3 is 20.5 Å². The fourth-order valence-electron chi connectivity index (χ4n) is 0.844. The number of halogens is 1. The first-order valence-corrected chi connectivity index (χ1v) is 4.23. The zero-order chi connectivity index (χ0) is 11.4. The van der Waals surface area contributed by atoms with Gasteiger partial charge >= 0.3 is 5.82 Å². The van der Waals surface area contributed by atoms with Gasteiger partial charge in [-0.05, 0) is 4.92 Å². The molecule has 0 saturated heterocycles. The summed E-state index contributed by atoms with van der Waals surface area (Å²) in [4.78, 5) is 20.8. The van der Waals surface area contributed by atoms with Gasteiger partial charge in [0.1, 0.15) is 0 Å².